The number of likely N-dealkylation sites (N-methyl/N-ethyl adjacent to an activating group) is 1. The molecule has 0 aliphatic rings. The zero-order chi connectivity index (χ0) is 19.7. The number of aliphatic imine (C=N–C) groups is 1. The highest BCUT2D eigenvalue weighted by Crippen LogP contribution is 2.31. The molecule has 1 rings (SSSR count). The van der Waals surface area contributed by atoms with E-state index >= 15 is 0 Å². The lowest BCUT2D eigenvalue weighted by Crippen LogP contribution is -2.44. The summed E-state index contributed by atoms with van der Waals surface area (Å²) in [5.74, 6) is 2.85. The number of hydrogen-bond donors (Lipinski definition) is 2. The van der Waals surface area contributed by atoms with Crippen molar-refractivity contribution in [1.82, 2.24) is 15.5 Å². The van der Waals surface area contributed by atoms with Crippen molar-refractivity contribution in [2.24, 2.45) is 10.9 Å². The topological polar surface area (TPSA) is 58.1 Å². The molecule has 1 aromatic carbocycles. The largest absolute Gasteiger partial charge is 0.493 e. The Bertz CT molecular complexity index is 573. The van der Waals surface area contributed by atoms with Gasteiger partial charge in [0.25, 0.3) is 0 Å². The predicted octanol–water partition coefficient (Wildman–Crippen LogP) is 2.91. The van der Waals surface area contributed by atoms with Crippen molar-refractivity contribution in [3.05, 3.63) is 23.8 Å². The first-order chi connectivity index (χ1) is 12.3. The van der Waals surface area contributed by atoms with Gasteiger partial charge in [-0.15, -0.1) is 0 Å². The van der Waals surface area contributed by atoms with Crippen LogP contribution in [0.25, 0.3) is 0 Å². The molecule has 6 nitrogen and oxygen atoms in total. The van der Waals surface area contributed by atoms with E-state index in [1.807, 2.05) is 12.1 Å². The van der Waals surface area contributed by atoms with Crippen LogP contribution in [0.2, 0.25) is 0 Å². The Morgan fingerprint density at radius 1 is 1.12 bits per heavy atom. The Hall–Kier alpha value is -1.95. The van der Waals surface area contributed by atoms with Crippen LogP contribution in [0.1, 0.15) is 39.3 Å². The van der Waals surface area contributed by atoms with Crippen molar-refractivity contribution in [3.8, 4) is 11.5 Å². The molecule has 0 heterocycles. The van der Waals surface area contributed by atoms with Crippen LogP contribution in [0.15, 0.2) is 23.2 Å². The molecule has 6 heteroatoms. The molecule has 2 atom stereocenters. The maximum atomic E-state index is 5.45. The lowest BCUT2D eigenvalue weighted by molar-refractivity contribution is 0.303. The van der Waals surface area contributed by atoms with Gasteiger partial charge in [-0.25, -0.2) is 0 Å². The summed E-state index contributed by atoms with van der Waals surface area (Å²) < 4.78 is 10.8. The summed E-state index contributed by atoms with van der Waals surface area (Å²) in [6.07, 6.45) is 0. The molecule has 0 amide bonds. The number of hydrogen-bond acceptors (Lipinski definition) is 4. The molecule has 2 unspecified atom stereocenters. The number of guanidine groups is 1. The van der Waals surface area contributed by atoms with Crippen molar-refractivity contribution >= 4 is 5.96 Å². The van der Waals surface area contributed by atoms with Crippen LogP contribution in [0, 0.1) is 5.92 Å². The Balaban J connectivity index is 3.02. The number of nitrogens with zero attached hydrogens (tertiary/aromatic N) is 2. The summed E-state index contributed by atoms with van der Waals surface area (Å²) in [6, 6.07) is 6.53. The minimum absolute atomic E-state index is 0.139. The fourth-order valence-electron chi connectivity index (χ4n) is 2.51. The normalized spacial score (nSPS) is 14.3. The van der Waals surface area contributed by atoms with E-state index in [2.05, 4.69) is 63.4 Å². The molecule has 148 valence electrons. The van der Waals surface area contributed by atoms with Gasteiger partial charge in [-0.05, 0) is 51.6 Å². The van der Waals surface area contributed by atoms with Gasteiger partial charge in [0, 0.05) is 12.6 Å². The average molecular weight is 365 g/mol. The summed E-state index contributed by atoms with van der Waals surface area (Å²) >= 11 is 0. The average Bonchev–Trinajstić information content (AvgIpc) is 2.61. The zero-order valence-corrected chi connectivity index (χ0v) is 17.6. The van der Waals surface area contributed by atoms with E-state index in [0.29, 0.717) is 18.5 Å². The number of benzene rings is 1. The molecule has 0 bridgehead atoms. The van der Waals surface area contributed by atoms with E-state index < -0.39 is 0 Å². The molecule has 0 radical (unpaired) electrons. The lowest BCUT2D eigenvalue weighted by atomic mass is 10.1. The Morgan fingerprint density at radius 2 is 1.77 bits per heavy atom. The van der Waals surface area contributed by atoms with Crippen molar-refractivity contribution in [2.75, 3.05) is 41.4 Å². The number of rotatable bonds is 9. The molecule has 1 aromatic rings. The second-order valence-electron chi connectivity index (χ2n) is 6.99. The predicted molar refractivity (Wildman–Crippen MR) is 109 cm³/mol. The van der Waals surface area contributed by atoms with Gasteiger partial charge in [0.1, 0.15) is 0 Å². The molecular weight excluding hydrogens is 328 g/mol. The number of ether oxygens (including phenoxy) is 2. The van der Waals surface area contributed by atoms with Crippen molar-refractivity contribution in [1.29, 1.82) is 0 Å². The first kappa shape index (κ1) is 22.1. The SMILES string of the molecule is CCNC(=NCC(c1ccc(OC)c(OC)c1)N(C)C)NC(C)C(C)C. The van der Waals surface area contributed by atoms with Crippen molar-refractivity contribution in [3.63, 3.8) is 0 Å². The third-order valence-corrected chi connectivity index (χ3v) is 4.55. The fourth-order valence-corrected chi connectivity index (χ4v) is 2.51. The standard InChI is InChI=1S/C20H36N4O2/c1-9-21-20(23-15(4)14(2)3)22-13-17(24(5)6)16-10-11-18(25-7)19(12-16)26-8/h10-12,14-15,17H,9,13H2,1-8H3,(H2,21,22,23). The quantitative estimate of drug-likeness (QED) is 0.521. The highest BCUT2D eigenvalue weighted by atomic mass is 16.5. The first-order valence-electron chi connectivity index (χ1n) is 9.27. The van der Waals surface area contributed by atoms with E-state index in [1.54, 1.807) is 14.2 Å². The highest BCUT2D eigenvalue weighted by Gasteiger charge is 2.17. The summed E-state index contributed by atoms with van der Waals surface area (Å²) in [5, 5.41) is 6.81. The summed E-state index contributed by atoms with van der Waals surface area (Å²) in [7, 11) is 7.43. The van der Waals surface area contributed by atoms with Gasteiger partial charge in [-0.1, -0.05) is 19.9 Å². The molecule has 0 aromatic heterocycles. The lowest BCUT2D eigenvalue weighted by Gasteiger charge is -2.25. The molecule has 0 saturated carbocycles. The zero-order valence-electron chi connectivity index (χ0n) is 17.6. The van der Waals surface area contributed by atoms with Gasteiger partial charge < -0.3 is 25.0 Å². The molecule has 26 heavy (non-hydrogen) atoms. The smallest absolute Gasteiger partial charge is 0.191 e. The molecule has 0 saturated heterocycles. The van der Waals surface area contributed by atoms with Crippen molar-refractivity contribution < 1.29 is 9.47 Å². The second-order valence-corrected chi connectivity index (χ2v) is 6.99. The molecule has 0 aliphatic carbocycles. The second kappa shape index (κ2) is 10.9. The van der Waals surface area contributed by atoms with Gasteiger partial charge in [0.15, 0.2) is 17.5 Å². The minimum atomic E-state index is 0.139. The molecule has 0 aliphatic heterocycles. The van der Waals surface area contributed by atoms with Crippen molar-refractivity contribution in [2.45, 2.75) is 39.8 Å². The van der Waals surface area contributed by atoms with Crippen LogP contribution in [-0.4, -0.2) is 58.3 Å². The van der Waals surface area contributed by atoms with E-state index in [-0.39, 0.29) is 6.04 Å². The van der Waals surface area contributed by atoms with Crippen LogP contribution < -0.4 is 20.1 Å². The molecular formula is C20H36N4O2. The van der Waals surface area contributed by atoms with Crippen LogP contribution in [0.5, 0.6) is 11.5 Å². The maximum Gasteiger partial charge on any atom is 0.191 e. The maximum absolute atomic E-state index is 5.45. The van der Waals surface area contributed by atoms with Crippen LogP contribution in [0.4, 0.5) is 0 Å². The van der Waals surface area contributed by atoms with E-state index in [9.17, 15) is 0 Å². The van der Waals surface area contributed by atoms with Crippen LogP contribution >= 0.6 is 0 Å². The minimum Gasteiger partial charge on any atom is -0.493 e. The van der Waals surface area contributed by atoms with Crippen LogP contribution in [0.3, 0.4) is 0 Å². The monoisotopic (exact) mass is 364 g/mol. The molecule has 2 N–H and O–H groups in total. The third-order valence-electron chi connectivity index (χ3n) is 4.55. The van der Waals surface area contributed by atoms with Gasteiger partial charge in [0.05, 0.1) is 26.8 Å². The van der Waals surface area contributed by atoms with Gasteiger partial charge in [-0.3, -0.25) is 4.99 Å². The summed E-state index contributed by atoms with van der Waals surface area (Å²) in [4.78, 5) is 6.98. The van der Waals surface area contributed by atoms with E-state index in [1.165, 1.54) is 0 Å². The number of methoxy groups -OCH3 is 2. The fraction of sp³-hybridized carbons (Fsp3) is 0.650. The van der Waals surface area contributed by atoms with E-state index in [4.69, 9.17) is 14.5 Å². The highest BCUT2D eigenvalue weighted by molar-refractivity contribution is 5.80. The third kappa shape index (κ3) is 6.41. The Morgan fingerprint density at radius 3 is 2.27 bits per heavy atom. The summed E-state index contributed by atoms with van der Waals surface area (Å²) in [6.45, 7) is 10.1. The van der Waals surface area contributed by atoms with Gasteiger partial charge in [-0.2, -0.15) is 0 Å². The Kier molecular flexibility index (Phi) is 9.27. The van der Waals surface area contributed by atoms with E-state index in [0.717, 1.165) is 29.6 Å². The first-order valence-corrected chi connectivity index (χ1v) is 9.27. The van der Waals surface area contributed by atoms with Gasteiger partial charge in [0.2, 0.25) is 0 Å². The summed E-state index contributed by atoms with van der Waals surface area (Å²) in [5.41, 5.74) is 1.14. The van der Waals surface area contributed by atoms with Gasteiger partial charge >= 0.3 is 0 Å². The molecule has 0 fully saturated rings. The Labute approximate surface area is 159 Å². The number of nitrogens with one attached hydrogen (secondary N) is 2. The van der Waals surface area contributed by atoms with Crippen LogP contribution in [-0.2, 0) is 0 Å². The molecule has 0 spiro atoms.